The molecule has 0 radical (unpaired) electrons. The van der Waals surface area contributed by atoms with E-state index in [4.69, 9.17) is 0 Å². The summed E-state index contributed by atoms with van der Waals surface area (Å²) >= 11 is 0. The summed E-state index contributed by atoms with van der Waals surface area (Å²) in [6, 6.07) is 15.4. The zero-order valence-corrected chi connectivity index (χ0v) is 21.5. The largest absolute Gasteiger partial charge is 0.0797 e. The van der Waals surface area contributed by atoms with Gasteiger partial charge < -0.3 is 0 Å². The van der Waals surface area contributed by atoms with Crippen molar-refractivity contribution >= 4 is 86.2 Å². The standard InChI is InChI=1S/C40H18/c1-2-12-14-5-6-16-18-9-10-20-19-8-7-17-15-4-3-13-11(1)21-22(12)32-24(14)26(16)34-29(18)30(20)35-28(19)27(17)33-25(15)23(13)31(21)36-37(32)39(34)40(35)38(33)36/h1-8,11-12,18,20-22H,9-10H2. The van der Waals surface area contributed by atoms with Crippen molar-refractivity contribution in [3.63, 3.8) is 0 Å². The van der Waals surface area contributed by atoms with Gasteiger partial charge in [-0.3, -0.25) is 0 Å². The van der Waals surface area contributed by atoms with Crippen molar-refractivity contribution in [1.82, 2.24) is 0 Å². The van der Waals surface area contributed by atoms with E-state index in [1.807, 2.05) is 0 Å². The second-order valence-electron chi connectivity index (χ2n) is 14.7. The van der Waals surface area contributed by atoms with Gasteiger partial charge in [0.05, 0.1) is 0 Å². The molecule has 178 valence electrons. The van der Waals surface area contributed by atoms with Crippen LogP contribution < -0.4 is 0 Å². The lowest BCUT2D eigenvalue weighted by Crippen LogP contribution is -2.22. The molecule has 0 fully saturated rings. The second-order valence-corrected chi connectivity index (χ2v) is 14.7. The number of fused-ring (bicyclic) bond motifs is 5. The minimum Gasteiger partial charge on any atom is -0.0797 e. The minimum atomic E-state index is 0.528. The first kappa shape index (κ1) is 16.8. The van der Waals surface area contributed by atoms with Gasteiger partial charge in [0.25, 0.3) is 0 Å². The van der Waals surface area contributed by atoms with Crippen LogP contribution in [0, 0.1) is 0 Å². The zero-order valence-electron chi connectivity index (χ0n) is 21.5. The average Bonchev–Trinajstić information content (AvgIpc) is 3.79. The third kappa shape index (κ3) is 1.12. The maximum Gasteiger partial charge on any atom is 0.0106 e. The van der Waals surface area contributed by atoms with Crippen molar-refractivity contribution in [2.75, 3.05) is 0 Å². The topological polar surface area (TPSA) is 0 Å². The summed E-state index contributed by atoms with van der Waals surface area (Å²) < 4.78 is 0. The van der Waals surface area contributed by atoms with E-state index < -0.39 is 0 Å². The Morgan fingerprint density at radius 3 is 1.43 bits per heavy atom. The molecule has 0 aromatic heterocycles. The fraction of sp³-hybridized carbons (Fsp3) is 0.200. The monoisotopic (exact) mass is 498 g/mol. The molecule has 0 N–H and O–H groups in total. The van der Waals surface area contributed by atoms with E-state index in [0.29, 0.717) is 35.5 Å². The lowest BCUT2D eigenvalue weighted by Gasteiger charge is -2.37. The zero-order chi connectivity index (χ0) is 24.4. The Morgan fingerprint density at radius 1 is 0.350 bits per heavy atom. The fourth-order valence-electron chi connectivity index (χ4n) is 13.6. The maximum absolute atomic E-state index is 2.65. The highest BCUT2D eigenvalue weighted by Gasteiger charge is 2.55. The summed E-state index contributed by atoms with van der Waals surface area (Å²) in [6.45, 7) is 0. The Morgan fingerprint density at radius 2 is 0.775 bits per heavy atom. The molecule has 0 bridgehead atoms. The van der Waals surface area contributed by atoms with E-state index in [9.17, 15) is 0 Å². The van der Waals surface area contributed by atoms with Crippen molar-refractivity contribution in [1.29, 1.82) is 0 Å². The molecule has 7 aliphatic carbocycles. The minimum absolute atomic E-state index is 0.528. The van der Waals surface area contributed by atoms with Crippen LogP contribution in [0.15, 0.2) is 48.6 Å². The van der Waals surface area contributed by atoms with Gasteiger partial charge >= 0.3 is 0 Å². The van der Waals surface area contributed by atoms with E-state index >= 15 is 0 Å². The lowest BCUT2D eigenvalue weighted by atomic mass is 9.65. The van der Waals surface area contributed by atoms with Crippen LogP contribution in [0.5, 0.6) is 0 Å². The first-order chi connectivity index (χ1) is 19.9. The number of allylic oxidation sites excluding steroid dienone is 2. The Hall–Kier alpha value is -4.16. The van der Waals surface area contributed by atoms with E-state index in [0.717, 1.165) is 0 Å². The predicted octanol–water partition coefficient (Wildman–Crippen LogP) is 10.3. The average molecular weight is 499 g/mol. The third-order valence-corrected chi connectivity index (χ3v) is 14.2. The van der Waals surface area contributed by atoms with Gasteiger partial charge in [-0.15, -0.1) is 0 Å². The van der Waals surface area contributed by atoms with Gasteiger partial charge in [-0.1, -0.05) is 48.6 Å². The SMILES string of the molecule is C1=CC2c3ccc4c5ccc6c7c8c9c%10c%11c%12c(ccc%13c%12c%12c%14c%15c(c3c4c(c57)c%15c8c%11%14)C2C%12C1%13)C%10CCC69. The highest BCUT2D eigenvalue weighted by atomic mass is 14.6. The number of rotatable bonds is 0. The van der Waals surface area contributed by atoms with Crippen LogP contribution in [-0.2, 0) is 0 Å². The summed E-state index contributed by atoms with van der Waals surface area (Å²) in [4.78, 5) is 0. The highest BCUT2D eigenvalue weighted by molar-refractivity contribution is 6.56. The first-order valence-corrected chi connectivity index (χ1v) is 15.6. The van der Waals surface area contributed by atoms with E-state index in [1.165, 1.54) is 23.6 Å². The lowest BCUT2D eigenvalue weighted by molar-refractivity contribution is 0.471. The van der Waals surface area contributed by atoms with E-state index in [2.05, 4.69) is 48.6 Å². The quantitative estimate of drug-likeness (QED) is 0.144. The van der Waals surface area contributed by atoms with Crippen LogP contribution >= 0.6 is 0 Å². The molecule has 0 saturated heterocycles. The van der Waals surface area contributed by atoms with Crippen molar-refractivity contribution in [2.24, 2.45) is 0 Å². The maximum atomic E-state index is 2.65. The Labute approximate surface area is 227 Å². The molecule has 7 aliphatic rings. The Kier molecular flexibility index (Phi) is 1.83. The molecule has 0 amide bonds. The van der Waals surface area contributed by atoms with Crippen LogP contribution in [0.1, 0.15) is 92.9 Å². The summed E-state index contributed by atoms with van der Waals surface area (Å²) in [7, 11) is 0. The molecule has 9 aromatic rings. The summed E-state index contributed by atoms with van der Waals surface area (Å²) in [5.41, 5.74) is 13.7. The first-order valence-electron chi connectivity index (χ1n) is 15.6. The summed E-state index contributed by atoms with van der Waals surface area (Å²) in [5.74, 6) is 3.46. The molecule has 0 heterocycles. The highest BCUT2D eigenvalue weighted by Crippen LogP contribution is 2.75. The van der Waals surface area contributed by atoms with Crippen LogP contribution in [-0.4, -0.2) is 0 Å². The molecule has 0 aliphatic heterocycles. The van der Waals surface area contributed by atoms with Gasteiger partial charge in [0.15, 0.2) is 0 Å². The molecular formula is C40H18. The smallest absolute Gasteiger partial charge is 0.0106 e. The number of hydrogen-bond acceptors (Lipinski definition) is 0. The fourth-order valence-corrected chi connectivity index (χ4v) is 13.6. The summed E-state index contributed by atoms with van der Waals surface area (Å²) in [5, 5.41) is 26.6. The molecular weight excluding hydrogens is 480 g/mol. The van der Waals surface area contributed by atoms with Gasteiger partial charge in [-0.05, 0) is 144 Å². The van der Waals surface area contributed by atoms with Crippen LogP contribution in [0.2, 0.25) is 0 Å². The van der Waals surface area contributed by atoms with Crippen molar-refractivity contribution in [3.8, 4) is 0 Å². The van der Waals surface area contributed by atoms with Crippen molar-refractivity contribution in [2.45, 2.75) is 48.3 Å². The summed E-state index contributed by atoms with van der Waals surface area (Å²) in [6.07, 6.45) is 7.91. The van der Waals surface area contributed by atoms with Gasteiger partial charge in [-0.2, -0.15) is 0 Å². The molecule has 0 heteroatoms. The molecule has 0 spiro atoms. The van der Waals surface area contributed by atoms with Gasteiger partial charge in [0.1, 0.15) is 0 Å². The third-order valence-electron chi connectivity index (χ3n) is 14.2. The second kappa shape index (κ2) is 4.34. The van der Waals surface area contributed by atoms with Gasteiger partial charge in [-0.25, -0.2) is 0 Å². The van der Waals surface area contributed by atoms with Crippen molar-refractivity contribution in [3.05, 3.63) is 93.1 Å². The van der Waals surface area contributed by atoms with Crippen molar-refractivity contribution < 1.29 is 0 Å². The van der Waals surface area contributed by atoms with Crippen LogP contribution in [0.4, 0.5) is 0 Å². The molecule has 6 unspecified atom stereocenters. The molecule has 16 rings (SSSR count). The van der Waals surface area contributed by atoms with Gasteiger partial charge in [0, 0.05) is 35.5 Å². The Bertz CT molecular complexity index is 2950. The molecule has 40 heavy (non-hydrogen) atoms. The molecule has 0 saturated carbocycles. The predicted molar refractivity (Wildman–Crippen MR) is 164 cm³/mol. The molecule has 9 aromatic carbocycles. The number of hydrogen-bond donors (Lipinski definition) is 0. The van der Waals surface area contributed by atoms with Gasteiger partial charge in [0.2, 0.25) is 0 Å². The molecule has 0 nitrogen and oxygen atoms in total. The van der Waals surface area contributed by atoms with Crippen LogP contribution in [0.25, 0.3) is 86.2 Å². The van der Waals surface area contributed by atoms with E-state index in [1.54, 1.807) is 120 Å². The molecule has 6 atom stereocenters. The van der Waals surface area contributed by atoms with Crippen LogP contribution in [0.3, 0.4) is 0 Å². The van der Waals surface area contributed by atoms with E-state index in [-0.39, 0.29) is 0 Å². The number of benzene rings is 7. The normalized spacial score (nSPS) is 30.2. The Balaban J connectivity index is 1.45.